The van der Waals surface area contributed by atoms with Crippen molar-refractivity contribution in [3.63, 3.8) is 0 Å². The SMILES string of the molecule is CC(=O)C(CCNCCCN)(CNCCCN)C(C)=O. The van der Waals surface area contributed by atoms with Gasteiger partial charge in [-0.2, -0.15) is 0 Å². The number of nitrogens with one attached hydrogen (secondary N) is 2. The Hall–Kier alpha value is -0.820. The van der Waals surface area contributed by atoms with Crippen molar-refractivity contribution >= 4 is 11.6 Å². The fourth-order valence-electron chi connectivity index (χ4n) is 2.12. The van der Waals surface area contributed by atoms with Gasteiger partial charge in [0.05, 0.1) is 0 Å². The lowest BCUT2D eigenvalue weighted by Gasteiger charge is -2.29. The van der Waals surface area contributed by atoms with E-state index in [1.54, 1.807) is 0 Å². The summed E-state index contributed by atoms with van der Waals surface area (Å²) in [5.41, 5.74) is 9.92. The minimum atomic E-state index is -0.926. The van der Waals surface area contributed by atoms with Crippen LogP contribution in [0.1, 0.15) is 33.1 Å². The Morgan fingerprint density at radius 3 is 1.85 bits per heavy atom. The van der Waals surface area contributed by atoms with Crippen LogP contribution in [0.25, 0.3) is 0 Å². The molecule has 20 heavy (non-hydrogen) atoms. The average molecular weight is 286 g/mol. The minimum Gasteiger partial charge on any atom is -0.330 e. The Bertz CT molecular complexity index is 281. The molecule has 6 heteroatoms. The smallest absolute Gasteiger partial charge is 0.144 e. The Morgan fingerprint density at radius 1 is 0.900 bits per heavy atom. The molecular weight excluding hydrogens is 256 g/mol. The van der Waals surface area contributed by atoms with Crippen LogP contribution < -0.4 is 22.1 Å². The third-order valence-corrected chi connectivity index (χ3v) is 3.62. The Morgan fingerprint density at radius 2 is 1.40 bits per heavy atom. The Kier molecular flexibility index (Phi) is 10.5. The van der Waals surface area contributed by atoms with Crippen molar-refractivity contribution in [1.29, 1.82) is 0 Å². The van der Waals surface area contributed by atoms with Gasteiger partial charge in [-0.3, -0.25) is 9.59 Å². The van der Waals surface area contributed by atoms with Crippen molar-refractivity contribution in [2.45, 2.75) is 33.1 Å². The predicted octanol–water partition coefficient (Wildman–Crippen LogP) is -0.582. The van der Waals surface area contributed by atoms with Crippen LogP contribution in [0.4, 0.5) is 0 Å². The molecule has 0 radical (unpaired) electrons. The fraction of sp³-hybridized carbons (Fsp3) is 0.857. The zero-order chi connectivity index (χ0) is 15.4. The summed E-state index contributed by atoms with van der Waals surface area (Å²) in [6.07, 6.45) is 2.24. The van der Waals surface area contributed by atoms with Gasteiger partial charge in [-0.05, 0) is 65.8 Å². The highest BCUT2D eigenvalue weighted by molar-refractivity contribution is 6.05. The monoisotopic (exact) mass is 286 g/mol. The van der Waals surface area contributed by atoms with Crippen molar-refractivity contribution in [3.8, 4) is 0 Å². The quantitative estimate of drug-likeness (QED) is 0.266. The molecule has 118 valence electrons. The molecule has 0 heterocycles. The molecule has 0 spiro atoms. The Balaban J connectivity index is 4.44. The van der Waals surface area contributed by atoms with Gasteiger partial charge in [-0.15, -0.1) is 0 Å². The molecule has 0 unspecified atom stereocenters. The molecular formula is C14H30N4O2. The van der Waals surface area contributed by atoms with E-state index in [4.69, 9.17) is 11.5 Å². The van der Waals surface area contributed by atoms with E-state index in [9.17, 15) is 9.59 Å². The molecule has 6 nitrogen and oxygen atoms in total. The zero-order valence-corrected chi connectivity index (χ0v) is 12.8. The van der Waals surface area contributed by atoms with Crippen molar-refractivity contribution in [2.24, 2.45) is 16.9 Å². The standard InChI is InChI=1S/C14H30N4O2/c1-12(19)14(13(2)20,11-18-9-4-7-16)5-10-17-8-3-6-15/h17-18H,3-11,15-16H2,1-2H3. The molecule has 0 aliphatic heterocycles. The van der Waals surface area contributed by atoms with Crippen molar-refractivity contribution in [2.75, 3.05) is 39.3 Å². The maximum atomic E-state index is 12.0. The van der Waals surface area contributed by atoms with Gasteiger partial charge in [-0.1, -0.05) is 0 Å². The molecule has 0 saturated heterocycles. The lowest BCUT2D eigenvalue weighted by molar-refractivity contribution is -0.138. The second kappa shape index (κ2) is 10.9. The predicted molar refractivity (Wildman–Crippen MR) is 81.5 cm³/mol. The summed E-state index contributed by atoms with van der Waals surface area (Å²) in [7, 11) is 0. The molecule has 0 amide bonds. The molecule has 0 atom stereocenters. The number of nitrogens with two attached hydrogens (primary N) is 2. The molecule has 0 saturated carbocycles. The molecule has 0 bridgehead atoms. The van der Waals surface area contributed by atoms with Gasteiger partial charge >= 0.3 is 0 Å². The van der Waals surface area contributed by atoms with E-state index < -0.39 is 5.41 Å². The number of carbonyl (C=O) groups is 2. The summed E-state index contributed by atoms with van der Waals surface area (Å²) >= 11 is 0. The summed E-state index contributed by atoms with van der Waals surface area (Å²) in [6.45, 7) is 6.77. The normalized spacial score (nSPS) is 11.6. The van der Waals surface area contributed by atoms with Crippen LogP contribution in [0.5, 0.6) is 0 Å². The number of hydrogen-bond donors (Lipinski definition) is 4. The van der Waals surface area contributed by atoms with Crippen molar-refractivity contribution in [3.05, 3.63) is 0 Å². The van der Waals surface area contributed by atoms with Gasteiger partial charge in [0.25, 0.3) is 0 Å². The second-order valence-corrected chi connectivity index (χ2v) is 5.16. The molecule has 0 aromatic heterocycles. The highest BCUT2D eigenvalue weighted by Gasteiger charge is 2.39. The van der Waals surface area contributed by atoms with Gasteiger partial charge in [0, 0.05) is 6.54 Å². The number of ketones is 2. The number of Topliss-reactive ketones (excluding diaryl/α,β-unsaturated/α-hetero) is 2. The Labute approximate surface area is 122 Å². The largest absolute Gasteiger partial charge is 0.330 e. The number of hydrogen-bond acceptors (Lipinski definition) is 6. The summed E-state index contributed by atoms with van der Waals surface area (Å²) in [6, 6.07) is 0. The molecule has 0 rings (SSSR count). The summed E-state index contributed by atoms with van der Waals surface area (Å²) in [5, 5.41) is 6.39. The first kappa shape index (κ1) is 19.2. The van der Waals surface area contributed by atoms with Gasteiger partial charge in [0.2, 0.25) is 0 Å². The molecule has 0 aromatic rings. The fourth-order valence-corrected chi connectivity index (χ4v) is 2.12. The molecule has 0 aliphatic carbocycles. The lowest BCUT2D eigenvalue weighted by Crippen LogP contribution is -2.47. The average Bonchev–Trinajstić information content (AvgIpc) is 2.40. The topological polar surface area (TPSA) is 110 Å². The van der Waals surface area contributed by atoms with Gasteiger partial charge in [0.15, 0.2) is 0 Å². The van der Waals surface area contributed by atoms with Gasteiger partial charge in [-0.25, -0.2) is 0 Å². The molecule has 0 aliphatic rings. The van der Waals surface area contributed by atoms with E-state index >= 15 is 0 Å². The van der Waals surface area contributed by atoms with Crippen LogP contribution in [0.15, 0.2) is 0 Å². The van der Waals surface area contributed by atoms with Crippen LogP contribution in [-0.2, 0) is 9.59 Å². The van der Waals surface area contributed by atoms with E-state index in [1.165, 1.54) is 13.8 Å². The molecule has 0 aromatic carbocycles. The number of carbonyl (C=O) groups excluding carboxylic acids is 2. The van der Waals surface area contributed by atoms with E-state index in [2.05, 4.69) is 10.6 Å². The molecule has 0 fully saturated rings. The van der Waals surface area contributed by atoms with Crippen LogP contribution in [0, 0.1) is 5.41 Å². The first-order valence-electron chi connectivity index (χ1n) is 7.35. The van der Waals surface area contributed by atoms with E-state index in [0.29, 0.717) is 32.6 Å². The summed E-state index contributed by atoms with van der Waals surface area (Å²) < 4.78 is 0. The zero-order valence-electron chi connectivity index (χ0n) is 12.8. The van der Waals surface area contributed by atoms with Crippen LogP contribution >= 0.6 is 0 Å². The first-order chi connectivity index (χ1) is 9.51. The highest BCUT2D eigenvalue weighted by atomic mass is 16.2. The van der Waals surface area contributed by atoms with E-state index in [1.807, 2.05) is 0 Å². The van der Waals surface area contributed by atoms with Gasteiger partial charge in [0.1, 0.15) is 17.0 Å². The maximum absolute atomic E-state index is 12.0. The van der Waals surface area contributed by atoms with Crippen molar-refractivity contribution < 1.29 is 9.59 Å². The first-order valence-corrected chi connectivity index (χ1v) is 7.35. The summed E-state index contributed by atoms with van der Waals surface area (Å²) in [5.74, 6) is -0.156. The van der Waals surface area contributed by atoms with Crippen LogP contribution in [0.3, 0.4) is 0 Å². The van der Waals surface area contributed by atoms with E-state index in [-0.39, 0.29) is 11.6 Å². The third kappa shape index (κ3) is 6.56. The van der Waals surface area contributed by atoms with Crippen molar-refractivity contribution in [1.82, 2.24) is 10.6 Å². The molecule has 6 N–H and O–H groups in total. The minimum absolute atomic E-state index is 0.0779. The third-order valence-electron chi connectivity index (χ3n) is 3.62. The van der Waals surface area contributed by atoms with E-state index in [0.717, 1.165) is 25.9 Å². The maximum Gasteiger partial charge on any atom is 0.144 e. The lowest BCUT2D eigenvalue weighted by atomic mass is 9.77. The highest BCUT2D eigenvalue weighted by Crippen LogP contribution is 2.23. The summed E-state index contributed by atoms with van der Waals surface area (Å²) in [4.78, 5) is 23.9. The second-order valence-electron chi connectivity index (χ2n) is 5.16. The van der Waals surface area contributed by atoms with Crippen LogP contribution in [0.2, 0.25) is 0 Å². The van der Waals surface area contributed by atoms with Crippen LogP contribution in [-0.4, -0.2) is 50.8 Å². The van der Waals surface area contributed by atoms with Gasteiger partial charge < -0.3 is 22.1 Å². The number of rotatable bonds is 13.